The van der Waals surface area contributed by atoms with Gasteiger partial charge in [0.1, 0.15) is 5.82 Å². The zero-order valence-corrected chi connectivity index (χ0v) is 15.4. The van der Waals surface area contributed by atoms with Crippen molar-refractivity contribution in [1.29, 1.82) is 0 Å². The Labute approximate surface area is 166 Å². The fraction of sp³-hybridized carbons (Fsp3) is 0.190. The maximum Gasteiger partial charge on any atom is 0.255 e. The Morgan fingerprint density at radius 2 is 1.79 bits per heavy atom. The number of pyridine rings is 3. The van der Waals surface area contributed by atoms with E-state index >= 15 is 0 Å². The topological polar surface area (TPSA) is 96.9 Å². The van der Waals surface area contributed by atoms with E-state index in [9.17, 15) is 14.0 Å². The number of halogens is 1. The number of nitrogens with zero attached hydrogens (tertiary/aromatic N) is 3. The molecule has 1 aliphatic rings. The van der Waals surface area contributed by atoms with Gasteiger partial charge in [-0.25, -0.2) is 4.39 Å². The van der Waals surface area contributed by atoms with E-state index in [0.29, 0.717) is 28.1 Å². The highest BCUT2D eigenvalue weighted by molar-refractivity contribution is 6.04. The van der Waals surface area contributed by atoms with E-state index in [1.807, 2.05) is 0 Å². The van der Waals surface area contributed by atoms with Gasteiger partial charge in [-0.3, -0.25) is 24.5 Å². The molecule has 146 valence electrons. The van der Waals surface area contributed by atoms with Crippen molar-refractivity contribution in [2.24, 2.45) is 5.92 Å². The molecule has 1 fully saturated rings. The van der Waals surface area contributed by atoms with Crippen molar-refractivity contribution < 1.29 is 14.0 Å². The quantitative estimate of drug-likeness (QED) is 0.673. The Morgan fingerprint density at radius 3 is 2.55 bits per heavy atom. The average Bonchev–Trinajstić information content (AvgIpc) is 3.58. The van der Waals surface area contributed by atoms with E-state index in [-0.39, 0.29) is 24.3 Å². The zero-order valence-electron chi connectivity index (χ0n) is 15.4. The van der Waals surface area contributed by atoms with Gasteiger partial charge in [-0.2, -0.15) is 0 Å². The first-order valence-electron chi connectivity index (χ1n) is 9.18. The molecule has 0 spiro atoms. The summed E-state index contributed by atoms with van der Waals surface area (Å²) in [6.07, 6.45) is 9.11. The molecule has 0 aromatic carbocycles. The average molecular weight is 391 g/mol. The van der Waals surface area contributed by atoms with Gasteiger partial charge in [0.15, 0.2) is 0 Å². The molecule has 4 rings (SSSR count). The van der Waals surface area contributed by atoms with Gasteiger partial charge in [0.05, 0.1) is 30.3 Å². The first-order valence-corrected chi connectivity index (χ1v) is 9.18. The van der Waals surface area contributed by atoms with Crippen LogP contribution in [-0.4, -0.2) is 26.8 Å². The number of aromatic nitrogens is 3. The molecule has 3 aromatic heterocycles. The highest BCUT2D eigenvalue weighted by atomic mass is 19.1. The SMILES string of the molecule is O=C(Nc1cncc(-c2cncc(F)c2)c1)c1ccnc(CNC(=O)C2CC2)c1. The van der Waals surface area contributed by atoms with Crippen LogP contribution in [0.4, 0.5) is 10.1 Å². The third-order valence-corrected chi connectivity index (χ3v) is 4.50. The monoisotopic (exact) mass is 391 g/mol. The number of nitrogens with one attached hydrogen (secondary N) is 2. The van der Waals surface area contributed by atoms with E-state index < -0.39 is 5.82 Å². The second kappa shape index (κ2) is 8.14. The Hall–Kier alpha value is -3.68. The van der Waals surface area contributed by atoms with Gasteiger partial charge in [0, 0.05) is 41.2 Å². The largest absolute Gasteiger partial charge is 0.350 e. The number of rotatable bonds is 6. The second-order valence-electron chi connectivity index (χ2n) is 6.84. The van der Waals surface area contributed by atoms with E-state index in [2.05, 4.69) is 25.6 Å². The summed E-state index contributed by atoms with van der Waals surface area (Å²) in [6.45, 7) is 0.278. The molecule has 29 heavy (non-hydrogen) atoms. The molecule has 0 saturated heterocycles. The van der Waals surface area contributed by atoms with Crippen molar-refractivity contribution in [3.05, 3.63) is 72.3 Å². The van der Waals surface area contributed by atoms with Crippen molar-refractivity contribution in [3.8, 4) is 11.1 Å². The van der Waals surface area contributed by atoms with E-state index in [0.717, 1.165) is 19.0 Å². The lowest BCUT2D eigenvalue weighted by Gasteiger charge is -2.09. The molecule has 8 heteroatoms. The van der Waals surface area contributed by atoms with Crippen LogP contribution in [0.15, 0.2) is 55.2 Å². The van der Waals surface area contributed by atoms with Crippen molar-refractivity contribution in [3.63, 3.8) is 0 Å². The Kier molecular flexibility index (Phi) is 5.24. The van der Waals surface area contributed by atoms with Crippen molar-refractivity contribution in [2.45, 2.75) is 19.4 Å². The molecular formula is C21H18FN5O2. The van der Waals surface area contributed by atoms with Crippen LogP contribution in [0.5, 0.6) is 0 Å². The number of carbonyl (C=O) groups is 2. The summed E-state index contributed by atoms with van der Waals surface area (Å²) in [7, 11) is 0. The molecule has 0 aliphatic heterocycles. The Morgan fingerprint density at radius 1 is 1.03 bits per heavy atom. The van der Waals surface area contributed by atoms with Gasteiger partial charge in [-0.1, -0.05) is 0 Å². The lowest BCUT2D eigenvalue weighted by Crippen LogP contribution is -2.24. The minimum atomic E-state index is -0.449. The first kappa shape index (κ1) is 18.7. The summed E-state index contributed by atoms with van der Waals surface area (Å²) in [6, 6.07) is 6.27. The molecule has 0 atom stereocenters. The van der Waals surface area contributed by atoms with Crippen LogP contribution in [-0.2, 0) is 11.3 Å². The van der Waals surface area contributed by atoms with Crippen molar-refractivity contribution >= 4 is 17.5 Å². The van der Waals surface area contributed by atoms with E-state index in [1.165, 1.54) is 24.7 Å². The highest BCUT2D eigenvalue weighted by Crippen LogP contribution is 2.28. The van der Waals surface area contributed by atoms with E-state index in [4.69, 9.17) is 0 Å². The summed E-state index contributed by atoms with van der Waals surface area (Å²) in [5.74, 6) is -0.639. The number of hydrogen-bond donors (Lipinski definition) is 2. The van der Waals surface area contributed by atoms with Crippen LogP contribution in [0.25, 0.3) is 11.1 Å². The molecule has 0 radical (unpaired) electrons. The molecule has 1 aliphatic carbocycles. The summed E-state index contributed by atoms with van der Waals surface area (Å²) in [5, 5.41) is 5.60. The third kappa shape index (κ3) is 4.78. The van der Waals surface area contributed by atoms with E-state index in [1.54, 1.807) is 24.4 Å². The van der Waals surface area contributed by atoms with Gasteiger partial charge in [-0.15, -0.1) is 0 Å². The smallest absolute Gasteiger partial charge is 0.255 e. The fourth-order valence-corrected chi connectivity index (χ4v) is 2.82. The second-order valence-corrected chi connectivity index (χ2v) is 6.84. The van der Waals surface area contributed by atoms with Gasteiger partial charge in [0.2, 0.25) is 5.91 Å². The van der Waals surface area contributed by atoms with Crippen LogP contribution in [0.3, 0.4) is 0 Å². The number of anilines is 1. The highest BCUT2D eigenvalue weighted by Gasteiger charge is 2.29. The minimum Gasteiger partial charge on any atom is -0.350 e. The first-order chi connectivity index (χ1) is 14.1. The summed E-state index contributed by atoms with van der Waals surface area (Å²) >= 11 is 0. The lowest BCUT2D eigenvalue weighted by atomic mass is 10.1. The van der Waals surface area contributed by atoms with Crippen LogP contribution < -0.4 is 10.6 Å². The van der Waals surface area contributed by atoms with Gasteiger partial charge >= 0.3 is 0 Å². The zero-order chi connectivity index (χ0) is 20.2. The third-order valence-electron chi connectivity index (χ3n) is 4.50. The maximum atomic E-state index is 13.4. The Bertz CT molecular complexity index is 1070. The van der Waals surface area contributed by atoms with Gasteiger partial charge < -0.3 is 10.6 Å². The van der Waals surface area contributed by atoms with Crippen LogP contribution in [0.1, 0.15) is 28.9 Å². The normalized spacial score (nSPS) is 13.0. The number of carbonyl (C=O) groups excluding carboxylic acids is 2. The number of hydrogen-bond acceptors (Lipinski definition) is 5. The molecule has 0 unspecified atom stereocenters. The van der Waals surface area contributed by atoms with Crippen LogP contribution >= 0.6 is 0 Å². The summed E-state index contributed by atoms with van der Waals surface area (Å²) in [5.41, 5.74) is 2.68. The fourth-order valence-electron chi connectivity index (χ4n) is 2.82. The predicted octanol–water partition coefficient (Wildman–Crippen LogP) is 2.96. The van der Waals surface area contributed by atoms with Crippen LogP contribution in [0.2, 0.25) is 0 Å². The van der Waals surface area contributed by atoms with Crippen LogP contribution in [0, 0.1) is 11.7 Å². The summed E-state index contributed by atoms with van der Waals surface area (Å²) in [4.78, 5) is 36.5. The van der Waals surface area contributed by atoms with Crippen molar-refractivity contribution in [1.82, 2.24) is 20.3 Å². The molecular weight excluding hydrogens is 373 g/mol. The van der Waals surface area contributed by atoms with Gasteiger partial charge in [0.25, 0.3) is 5.91 Å². The standard InChI is InChI=1S/C21H18FN5O2/c22-17-5-15(8-23-10-17)16-7-19(11-24-9-16)27-21(29)14-3-4-25-18(6-14)12-26-20(28)13-1-2-13/h3-11,13H,1-2,12H2,(H,26,28)(H,27,29). The summed E-state index contributed by atoms with van der Waals surface area (Å²) < 4.78 is 13.4. The molecule has 7 nitrogen and oxygen atoms in total. The molecule has 1 saturated carbocycles. The molecule has 3 aromatic rings. The predicted molar refractivity (Wildman–Crippen MR) is 104 cm³/mol. The van der Waals surface area contributed by atoms with Crippen molar-refractivity contribution in [2.75, 3.05) is 5.32 Å². The lowest BCUT2D eigenvalue weighted by molar-refractivity contribution is -0.122. The van der Waals surface area contributed by atoms with Gasteiger partial charge in [-0.05, 0) is 37.1 Å². The Balaban J connectivity index is 1.44. The molecule has 3 heterocycles. The molecule has 2 amide bonds. The molecule has 0 bridgehead atoms. The molecule has 2 N–H and O–H groups in total. The maximum absolute atomic E-state index is 13.4. The minimum absolute atomic E-state index is 0.0244. The number of amides is 2.